The highest BCUT2D eigenvalue weighted by Gasteiger charge is 2.52. The van der Waals surface area contributed by atoms with Crippen LogP contribution < -0.4 is 5.73 Å². The summed E-state index contributed by atoms with van der Waals surface area (Å²) in [5.41, 5.74) is 6.21. The van der Waals surface area contributed by atoms with Gasteiger partial charge in [-0.15, -0.1) is 0 Å². The molecule has 0 spiro atoms. The maximum absolute atomic E-state index is 15.1. The second-order valence-electron chi connectivity index (χ2n) is 10.1. The van der Waals surface area contributed by atoms with Crippen LogP contribution in [0.3, 0.4) is 0 Å². The van der Waals surface area contributed by atoms with Crippen molar-refractivity contribution >= 4 is 29.5 Å². The molecule has 182 valence electrons. The molecule has 0 amide bonds. The summed E-state index contributed by atoms with van der Waals surface area (Å²) in [7, 11) is -5.40. The van der Waals surface area contributed by atoms with E-state index in [9.17, 15) is 12.8 Å². The molecule has 1 fully saturated rings. The van der Waals surface area contributed by atoms with Crippen molar-refractivity contribution in [3.8, 4) is 0 Å². The highest BCUT2D eigenvalue weighted by Crippen LogP contribution is 2.49. The number of hydrogen-bond acceptors (Lipinski definition) is 4. The minimum Gasteiger partial charge on any atom is -0.381 e. The number of halogens is 3. The van der Waals surface area contributed by atoms with Gasteiger partial charge in [-0.2, -0.15) is 0 Å². The van der Waals surface area contributed by atoms with E-state index in [1.165, 1.54) is 24.3 Å². The predicted molar refractivity (Wildman–Crippen MR) is 131 cm³/mol. The van der Waals surface area contributed by atoms with Crippen LogP contribution in [0.4, 0.5) is 8.78 Å². The van der Waals surface area contributed by atoms with Crippen molar-refractivity contribution in [2.45, 2.75) is 60.6 Å². The maximum atomic E-state index is 15.1. The van der Waals surface area contributed by atoms with Crippen LogP contribution in [0.25, 0.3) is 0 Å². The lowest BCUT2D eigenvalue weighted by atomic mass is 9.74. The molecule has 4 nitrogen and oxygen atoms in total. The van der Waals surface area contributed by atoms with E-state index < -0.39 is 34.3 Å². The van der Waals surface area contributed by atoms with Crippen LogP contribution in [0, 0.1) is 17.6 Å². The molecule has 1 aliphatic rings. The zero-order valence-corrected chi connectivity index (χ0v) is 21.9. The molecular weight excluding hydrogens is 484 g/mol. The first-order valence-electron chi connectivity index (χ1n) is 11.1. The molecule has 1 saturated carbocycles. The summed E-state index contributed by atoms with van der Waals surface area (Å²) in [6.07, 6.45) is 0.488. The van der Waals surface area contributed by atoms with Crippen molar-refractivity contribution in [1.82, 2.24) is 0 Å². The van der Waals surface area contributed by atoms with Gasteiger partial charge in [-0.3, -0.25) is 0 Å². The smallest absolute Gasteiger partial charge is 0.188 e. The summed E-state index contributed by atoms with van der Waals surface area (Å²) >= 11 is 5.96. The molecule has 3 rings (SSSR count). The Morgan fingerprint density at radius 1 is 1.15 bits per heavy atom. The van der Waals surface area contributed by atoms with Gasteiger partial charge in [0.2, 0.25) is 0 Å². The minimum atomic E-state index is -4.11. The Balaban J connectivity index is 2.02. The number of hydrogen-bond donors (Lipinski definition) is 1. The molecule has 2 N–H and O–H groups in total. The molecule has 0 aliphatic heterocycles. The highest BCUT2D eigenvalue weighted by atomic mass is 35.5. The average Bonchev–Trinajstić information content (AvgIpc) is 2.74. The van der Waals surface area contributed by atoms with Crippen molar-refractivity contribution in [1.29, 1.82) is 0 Å². The Bertz CT molecular complexity index is 1080. The molecule has 2 aromatic carbocycles. The van der Waals surface area contributed by atoms with Gasteiger partial charge in [0.15, 0.2) is 9.84 Å². The fourth-order valence-corrected chi connectivity index (χ4v) is 7.52. The van der Waals surface area contributed by atoms with E-state index in [0.717, 1.165) is 24.2 Å². The van der Waals surface area contributed by atoms with E-state index in [4.69, 9.17) is 22.1 Å². The van der Waals surface area contributed by atoms with Gasteiger partial charge >= 0.3 is 0 Å². The summed E-state index contributed by atoms with van der Waals surface area (Å²) in [4.78, 5) is 0.0180. The van der Waals surface area contributed by atoms with Crippen LogP contribution in [0.15, 0.2) is 47.4 Å². The molecule has 0 radical (unpaired) electrons. The largest absolute Gasteiger partial charge is 0.381 e. The lowest BCUT2D eigenvalue weighted by molar-refractivity contribution is 0.0753. The third-order valence-corrected chi connectivity index (χ3v) is 10.9. The van der Waals surface area contributed by atoms with Gasteiger partial charge in [-0.05, 0) is 73.7 Å². The maximum Gasteiger partial charge on any atom is 0.188 e. The first-order valence-corrected chi connectivity index (χ1v) is 16.7. The minimum absolute atomic E-state index is 0.0180. The number of nitrogens with two attached hydrogens (primary N) is 1. The van der Waals surface area contributed by atoms with Crippen molar-refractivity contribution in [3.05, 3.63) is 64.7 Å². The second kappa shape index (κ2) is 10.1. The molecule has 0 aromatic heterocycles. The van der Waals surface area contributed by atoms with Gasteiger partial charge in [0.05, 0.1) is 11.5 Å². The van der Waals surface area contributed by atoms with Crippen LogP contribution in [-0.2, 0) is 19.3 Å². The monoisotopic (exact) mass is 515 g/mol. The van der Waals surface area contributed by atoms with Gasteiger partial charge in [-0.25, -0.2) is 17.2 Å². The quantitative estimate of drug-likeness (QED) is 0.358. The molecular formula is C24H32ClF2NO3SSi. The summed E-state index contributed by atoms with van der Waals surface area (Å²) in [6, 6.07) is 9.44. The molecule has 33 heavy (non-hydrogen) atoms. The van der Waals surface area contributed by atoms with Gasteiger partial charge in [-0.1, -0.05) is 31.2 Å². The molecule has 0 bridgehead atoms. The Kier molecular flexibility index (Phi) is 8.06. The fourth-order valence-electron chi connectivity index (χ4n) is 4.43. The molecule has 9 heteroatoms. The molecule has 2 aromatic rings. The SMILES string of the molecule is C[Si](C)(C)CCOC[C@H]1C[C@@](c2cc(F)ccc2F)(S(=O)(=O)c2ccc(Cl)cc2)CC[C@H]1N. The summed E-state index contributed by atoms with van der Waals surface area (Å²) < 4.78 is 61.5. The first-order chi connectivity index (χ1) is 15.4. The fraction of sp³-hybridized carbons (Fsp3) is 0.500. The normalized spacial score (nSPS) is 24.1. The second-order valence-corrected chi connectivity index (χ2v) is 18.4. The molecule has 0 saturated heterocycles. The van der Waals surface area contributed by atoms with Gasteiger partial charge < -0.3 is 10.5 Å². The Morgan fingerprint density at radius 2 is 1.82 bits per heavy atom. The Hall–Kier alpha value is -1.32. The zero-order chi connectivity index (χ0) is 24.4. The number of benzene rings is 2. The van der Waals surface area contributed by atoms with Gasteiger partial charge in [0.1, 0.15) is 16.4 Å². The van der Waals surface area contributed by atoms with Crippen molar-refractivity contribution in [2.75, 3.05) is 13.2 Å². The topological polar surface area (TPSA) is 69.4 Å². The van der Waals surface area contributed by atoms with E-state index >= 15 is 4.39 Å². The molecule has 0 unspecified atom stereocenters. The van der Waals surface area contributed by atoms with Crippen molar-refractivity contribution in [2.24, 2.45) is 11.7 Å². The van der Waals surface area contributed by atoms with Crippen LogP contribution in [0.5, 0.6) is 0 Å². The lowest BCUT2D eigenvalue weighted by Crippen LogP contribution is -2.49. The lowest BCUT2D eigenvalue weighted by Gasteiger charge is -2.43. The van der Waals surface area contributed by atoms with Crippen LogP contribution in [-0.4, -0.2) is 35.7 Å². The number of ether oxygens (including phenoxy) is 1. The number of sulfone groups is 1. The van der Waals surface area contributed by atoms with Gasteiger partial charge in [0.25, 0.3) is 0 Å². The van der Waals surface area contributed by atoms with E-state index in [-0.39, 0.29) is 41.9 Å². The highest BCUT2D eigenvalue weighted by molar-refractivity contribution is 7.92. The predicted octanol–water partition coefficient (Wildman–Crippen LogP) is 5.77. The summed E-state index contributed by atoms with van der Waals surface area (Å²) in [5.74, 6) is -1.75. The first kappa shape index (κ1) is 26.3. The average molecular weight is 516 g/mol. The Morgan fingerprint density at radius 3 is 2.45 bits per heavy atom. The van der Waals surface area contributed by atoms with E-state index in [2.05, 4.69) is 19.6 Å². The molecule has 3 atom stereocenters. The van der Waals surface area contributed by atoms with E-state index in [0.29, 0.717) is 18.1 Å². The number of rotatable bonds is 8. The van der Waals surface area contributed by atoms with Crippen LogP contribution in [0.2, 0.25) is 30.7 Å². The van der Waals surface area contributed by atoms with E-state index in [1.54, 1.807) is 0 Å². The van der Waals surface area contributed by atoms with Gasteiger partial charge in [0, 0.05) is 31.3 Å². The zero-order valence-electron chi connectivity index (χ0n) is 19.3. The third-order valence-electron chi connectivity index (χ3n) is 6.46. The third kappa shape index (κ3) is 5.85. The van der Waals surface area contributed by atoms with Crippen molar-refractivity contribution < 1.29 is 21.9 Å². The summed E-state index contributed by atoms with van der Waals surface area (Å²) in [5, 5.41) is 0.388. The summed E-state index contributed by atoms with van der Waals surface area (Å²) in [6.45, 7) is 7.60. The van der Waals surface area contributed by atoms with Crippen LogP contribution >= 0.6 is 11.6 Å². The molecule has 1 aliphatic carbocycles. The van der Waals surface area contributed by atoms with Crippen molar-refractivity contribution in [3.63, 3.8) is 0 Å². The van der Waals surface area contributed by atoms with E-state index in [1.807, 2.05) is 0 Å². The van der Waals surface area contributed by atoms with Crippen LogP contribution in [0.1, 0.15) is 24.8 Å². The standard InChI is InChI=1S/C24H32ClF2NO3SSi/c1-33(2,3)13-12-31-16-17-15-24(11-10-23(17)28,21-14-19(26)6-9-22(21)27)32(29,30)20-7-4-18(25)5-8-20/h4-9,14,17,23H,10-13,15-16,28H2,1-3H3/t17-,23-,24+/m1/s1. The Labute approximate surface area is 201 Å². The molecule has 0 heterocycles.